The van der Waals surface area contributed by atoms with Gasteiger partial charge in [-0.1, -0.05) is 18.2 Å². The number of hydroxylamine groups is 1. The molecule has 1 unspecified atom stereocenters. The van der Waals surface area contributed by atoms with E-state index < -0.39 is 17.8 Å². The summed E-state index contributed by atoms with van der Waals surface area (Å²) in [5.41, 5.74) is 8.14. The maximum atomic E-state index is 11.6. The fourth-order valence-electron chi connectivity index (χ4n) is 1.78. The van der Waals surface area contributed by atoms with Crippen molar-refractivity contribution in [3.8, 4) is 5.75 Å². The zero-order chi connectivity index (χ0) is 15.9. The monoisotopic (exact) mass is 296 g/mol. The molecule has 0 spiro atoms. The summed E-state index contributed by atoms with van der Waals surface area (Å²) >= 11 is 0. The van der Waals surface area contributed by atoms with Crippen LogP contribution in [-0.2, 0) is 9.57 Å². The van der Waals surface area contributed by atoms with Crippen LogP contribution in [0.1, 0.15) is 38.9 Å². The smallest absolute Gasteiger partial charge is 0.431 e. The van der Waals surface area contributed by atoms with Gasteiger partial charge in [0.2, 0.25) is 0 Å². The number of carbonyl (C=O) groups excluding carboxylic acids is 1. The number of methoxy groups -OCH3 is 1. The summed E-state index contributed by atoms with van der Waals surface area (Å²) in [7, 11) is 1.58. The van der Waals surface area contributed by atoms with Gasteiger partial charge in [0.15, 0.2) is 0 Å². The third-order valence-corrected chi connectivity index (χ3v) is 2.60. The van der Waals surface area contributed by atoms with Crippen LogP contribution < -0.4 is 16.0 Å². The van der Waals surface area contributed by atoms with Crippen molar-refractivity contribution >= 4 is 6.09 Å². The number of nitrogens with one attached hydrogen (secondary N) is 1. The molecule has 0 aromatic heterocycles. The number of ether oxygens (including phenoxy) is 2. The summed E-state index contributed by atoms with van der Waals surface area (Å²) in [6.45, 7) is 5.76. The normalized spacial score (nSPS) is 12.6. The molecule has 118 valence electrons. The van der Waals surface area contributed by atoms with Gasteiger partial charge in [-0.2, -0.15) is 5.48 Å². The van der Waals surface area contributed by atoms with Gasteiger partial charge in [0.05, 0.1) is 7.11 Å². The van der Waals surface area contributed by atoms with E-state index in [9.17, 15) is 4.79 Å². The molecule has 1 aromatic rings. The van der Waals surface area contributed by atoms with Gasteiger partial charge in [-0.25, -0.2) is 4.79 Å². The molecule has 0 radical (unpaired) electrons. The van der Waals surface area contributed by atoms with Crippen LogP contribution in [0.15, 0.2) is 24.3 Å². The molecule has 0 saturated heterocycles. The van der Waals surface area contributed by atoms with E-state index in [1.165, 1.54) is 0 Å². The fraction of sp³-hybridized carbons (Fsp3) is 0.533. The number of hydrogen-bond donors (Lipinski definition) is 2. The highest BCUT2D eigenvalue weighted by Gasteiger charge is 2.20. The molecule has 0 aliphatic heterocycles. The summed E-state index contributed by atoms with van der Waals surface area (Å²) in [5.74, 6) is 0.682. The van der Waals surface area contributed by atoms with Gasteiger partial charge < -0.3 is 15.2 Å². The van der Waals surface area contributed by atoms with E-state index in [1.54, 1.807) is 27.9 Å². The molecule has 0 saturated carbocycles. The number of carbonyl (C=O) groups is 1. The predicted molar refractivity (Wildman–Crippen MR) is 79.9 cm³/mol. The largest absolute Gasteiger partial charge is 0.496 e. The first-order chi connectivity index (χ1) is 9.87. The van der Waals surface area contributed by atoms with Crippen molar-refractivity contribution in [3.05, 3.63) is 29.8 Å². The minimum absolute atomic E-state index is 0.404. The van der Waals surface area contributed by atoms with E-state index in [1.807, 2.05) is 24.3 Å². The summed E-state index contributed by atoms with van der Waals surface area (Å²) in [6.07, 6.45) is -0.506. The Bertz CT molecular complexity index is 457. The molecule has 1 aromatic carbocycles. The Hall–Kier alpha value is -1.79. The Labute approximate surface area is 125 Å². The Morgan fingerprint density at radius 1 is 1.33 bits per heavy atom. The van der Waals surface area contributed by atoms with Gasteiger partial charge in [-0.3, -0.25) is 4.84 Å². The van der Waals surface area contributed by atoms with Crippen molar-refractivity contribution in [2.45, 2.75) is 38.9 Å². The van der Waals surface area contributed by atoms with Crippen molar-refractivity contribution < 1.29 is 19.1 Å². The van der Waals surface area contributed by atoms with Crippen molar-refractivity contribution in [1.82, 2.24) is 5.48 Å². The molecule has 0 heterocycles. The topological polar surface area (TPSA) is 82.8 Å². The lowest BCUT2D eigenvalue weighted by Crippen LogP contribution is -2.33. The van der Waals surface area contributed by atoms with Gasteiger partial charge in [0.1, 0.15) is 17.5 Å². The minimum atomic E-state index is -0.639. The maximum absolute atomic E-state index is 11.6. The fourth-order valence-corrected chi connectivity index (χ4v) is 1.78. The second-order valence-corrected chi connectivity index (χ2v) is 5.53. The standard InChI is InChI=1S/C15H24N2O4/c1-15(2,3)20-14(18)17-21-13(9-10-16)11-7-5-6-8-12(11)19-4/h5-8,13H,9-10,16H2,1-4H3,(H,17,18). The molecule has 0 aliphatic carbocycles. The lowest BCUT2D eigenvalue weighted by Gasteiger charge is -2.22. The van der Waals surface area contributed by atoms with Crippen LogP contribution in [-0.4, -0.2) is 25.3 Å². The van der Waals surface area contributed by atoms with Crippen molar-refractivity contribution in [2.75, 3.05) is 13.7 Å². The number of para-hydroxylation sites is 1. The van der Waals surface area contributed by atoms with Gasteiger partial charge in [0.25, 0.3) is 0 Å². The Morgan fingerprint density at radius 2 is 2.00 bits per heavy atom. The molecule has 1 amide bonds. The summed E-state index contributed by atoms with van der Waals surface area (Å²) in [6, 6.07) is 7.44. The highest BCUT2D eigenvalue weighted by Crippen LogP contribution is 2.28. The lowest BCUT2D eigenvalue weighted by atomic mass is 10.1. The molecule has 1 rings (SSSR count). The first kappa shape index (κ1) is 17.3. The summed E-state index contributed by atoms with van der Waals surface area (Å²) in [4.78, 5) is 17.1. The van der Waals surface area contributed by atoms with Crippen LogP contribution in [0.5, 0.6) is 5.75 Å². The van der Waals surface area contributed by atoms with Crippen LogP contribution >= 0.6 is 0 Å². The molecule has 6 heteroatoms. The molecule has 21 heavy (non-hydrogen) atoms. The number of rotatable bonds is 6. The quantitative estimate of drug-likeness (QED) is 0.788. The highest BCUT2D eigenvalue weighted by molar-refractivity contribution is 5.66. The van der Waals surface area contributed by atoms with Crippen molar-refractivity contribution in [3.63, 3.8) is 0 Å². The van der Waals surface area contributed by atoms with E-state index in [0.29, 0.717) is 18.7 Å². The number of amides is 1. The average Bonchev–Trinajstić information content (AvgIpc) is 2.41. The van der Waals surface area contributed by atoms with Gasteiger partial charge in [0, 0.05) is 5.56 Å². The Balaban J connectivity index is 2.72. The third kappa shape index (κ3) is 6.01. The SMILES string of the molecule is COc1ccccc1C(CCN)ONC(=O)OC(C)(C)C. The van der Waals surface area contributed by atoms with Gasteiger partial charge in [-0.05, 0) is 39.8 Å². The minimum Gasteiger partial charge on any atom is -0.496 e. The molecule has 0 bridgehead atoms. The van der Waals surface area contributed by atoms with Crippen LogP contribution in [0.25, 0.3) is 0 Å². The third-order valence-electron chi connectivity index (χ3n) is 2.60. The first-order valence-corrected chi connectivity index (χ1v) is 6.85. The maximum Gasteiger partial charge on any atom is 0.431 e. The second kappa shape index (κ2) is 7.85. The molecule has 6 nitrogen and oxygen atoms in total. The number of benzene rings is 1. The molecule has 3 N–H and O–H groups in total. The molecular weight excluding hydrogens is 272 g/mol. The molecule has 1 atom stereocenters. The van der Waals surface area contributed by atoms with Crippen molar-refractivity contribution in [1.29, 1.82) is 0 Å². The van der Waals surface area contributed by atoms with Crippen LogP contribution in [0.3, 0.4) is 0 Å². The molecular formula is C15H24N2O4. The highest BCUT2D eigenvalue weighted by atomic mass is 16.7. The lowest BCUT2D eigenvalue weighted by molar-refractivity contribution is -0.0461. The second-order valence-electron chi connectivity index (χ2n) is 5.53. The van der Waals surface area contributed by atoms with Crippen LogP contribution in [0.4, 0.5) is 4.79 Å². The number of nitrogens with two attached hydrogens (primary N) is 1. The van der Waals surface area contributed by atoms with Gasteiger partial charge in [-0.15, -0.1) is 0 Å². The first-order valence-electron chi connectivity index (χ1n) is 6.85. The van der Waals surface area contributed by atoms with Crippen LogP contribution in [0.2, 0.25) is 0 Å². The van der Waals surface area contributed by atoms with E-state index >= 15 is 0 Å². The average molecular weight is 296 g/mol. The Morgan fingerprint density at radius 3 is 2.57 bits per heavy atom. The van der Waals surface area contributed by atoms with Crippen molar-refractivity contribution in [2.24, 2.45) is 5.73 Å². The van der Waals surface area contributed by atoms with Crippen LogP contribution in [0, 0.1) is 0 Å². The van der Waals surface area contributed by atoms with E-state index in [4.69, 9.17) is 20.0 Å². The summed E-state index contributed by atoms with van der Waals surface area (Å²) < 4.78 is 10.4. The van der Waals surface area contributed by atoms with E-state index in [-0.39, 0.29) is 0 Å². The van der Waals surface area contributed by atoms with Gasteiger partial charge >= 0.3 is 6.09 Å². The van der Waals surface area contributed by atoms with E-state index in [0.717, 1.165) is 5.56 Å². The van der Waals surface area contributed by atoms with E-state index in [2.05, 4.69) is 5.48 Å². The molecule has 0 aliphatic rings. The predicted octanol–water partition coefficient (Wildman–Crippen LogP) is 2.54. The zero-order valence-corrected chi connectivity index (χ0v) is 13.0. The zero-order valence-electron chi connectivity index (χ0n) is 13.0. The Kier molecular flexibility index (Phi) is 6.45. The number of hydrogen-bond acceptors (Lipinski definition) is 5. The molecule has 0 fully saturated rings. The summed E-state index contributed by atoms with van der Waals surface area (Å²) in [5, 5.41) is 0.